The molecule has 0 radical (unpaired) electrons. The molecule has 35 heavy (non-hydrogen) atoms. The Bertz CT molecular complexity index is 1360. The largest absolute Gasteiger partial charge is 0.497 e. The first-order valence-corrected chi connectivity index (χ1v) is 11.5. The van der Waals surface area contributed by atoms with E-state index in [1.165, 1.54) is 0 Å². The van der Waals surface area contributed by atoms with Gasteiger partial charge in [-0.1, -0.05) is 11.6 Å². The average molecular weight is 502 g/mol. The molecule has 0 aliphatic rings. The number of benzene rings is 3. The highest BCUT2D eigenvalue weighted by atomic mass is 35.7. The predicted octanol–water partition coefficient (Wildman–Crippen LogP) is -1.01. The van der Waals surface area contributed by atoms with Gasteiger partial charge in [-0.25, -0.2) is 23.6 Å². The van der Waals surface area contributed by atoms with Gasteiger partial charge in [-0.15, -0.1) is 10.2 Å². The van der Waals surface area contributed by atoms with E-state index in [0.717, 1.165) is 56.1 Å². The first-order chi connectivity index (χ1) is 16.6. The van der Waals surface area contributed by atoms with Crippen LogP contribution in [-0.4, -0.2) is 21.3 Å². The van der Waals surface area contributed by atoms with Crippen LogP contribution < -0.4 is 43.2 Å². The topological polar surface area (TPSA) is 147 Å². The van der Waals surface area contributed by atoms with Gasteiger partial charge in [0.1, 0.15) is 22.8 Å². The molecular formula is C25H24ClNO8. The number of fused-ring (bicyclic) bond motifs is 1. The third-order valence-electron chi connectivity index (χ3n) is 4.97. The number of nitrogens with one attached hydrogen (secondary N) is 1. The van der Waals surface area contributed by atoms with Gasteiger partial charge in [0, 0.05) is 5.56 Å². The third-order valence-corrected chi connectivity index (χ3v) is 4.97. The van der Waals surface area contributed by atoms with Crippen molar-refractivity contribution in [1.29, 1.82) is 0 Å². The highest BCUT2D eigenvalue weighted by Crippen LogP contribution is 2.26. The molecule has 3 aromatic carbocycles. The van der Waals surface area contributed by atoms with Crippen LogP contribution in [0.15, 0.2) is 71.1 Å². The van der Waals surface area contributed by atoms with E-state index in [2.05, 4.69) is 18.0 Å². The van der Waals surface area contributed by atoms with Crippen molar-refractivity contribution >= 4 is 16.7 Å². The lowest BCUT2D eigenvalue weighted by molar-refractivity contribution is -2.00. The summed E-state index contributed by atoms with van der Waals surface area (Å²) in [5, 5.41) is 1.90. The van der Waals surface area contributed by atoms with E-state index in [1.54, 1.807) is 21.3 Å². The molecule has 0 spiro atoms. The molecule has 4 aromatic rings. The summed E-state index contributed by atoms with van der Waals surface area (Å²) in [6.45, 7) is 2.06. The molecule has 0 fully saturated rings. The van der Waals surface area contributed by atoms with Crippen LogP contribution >= 0.6 is 0 Å². The maximum atomic E-state index is 8.49. The van der Waals surface area contributed by atoms with Crippen molar-refractivity contribution in [2.24, 2.45) is 0 Å². The van der Waals surface area contributed by atoms with Gasteiger partial charge in [0.05, 0.1) is 38.8 Å². The summed E-state index contributed by atoms with van der Waals surface area (Å²) in [6, 6.07) is 21.6. The molecule has 1 aromatic heterocycles. The molecule has 10 heteroatoms. The Balaban J connectivity index is 0.000000623. The maximum Gasteiger partial charge on any atom is 0.250 e. The Morgan fingerprint density at radius 2 is 1.37 bits per heavy atom. The van der Waals surface area contributed by atoms with Gasteiger partial charge in [0.2, 0.25) is 11.0 Å². The number of halogens is 1. The molecule has 184 valence electrons. The Labute approximate surface area is 203 Å². The Hall–Kier alpha value is -3.60. The van der Waals surface area contributed by atoms with Crippen molar-refractivity contribution in [3.05, 3.63) is 77.7 Å². The monoisotopic (exact) mass is 501 g/mol. The van der Waals surface area contributed by atoms with Crippen molar-refractivity contribution in [2.45, 2.75) is 6.92 Å². The summed E-state index contributed by atoms with van der Waals surface area (Å²) >= 11 is 0. The van der Waals surface area contributed by atoms with Crippen LogP contribution in [0, 0.1) is 17.2 Å². The van der Waals surface area contributed by atoms with Gasteiger partial charge in [-0.3, -0.25) is 0 Å². The number of ether oxygens (including phenoxy) is 3. The normalized spacial score (nSPS) is 11.6. The fourth-order valence-electron chi connectivity index (χ4n) is 3.36. The van der Waals surface area contributed by atoms with Crippen molar-refractivity contribution in [3.8, 4) is 28.6 Å². The fourth-order valence-corrected chi connectivity index (χ4v) is 3.36. The minimum absolute atomic E-state index is 0.725. The van der Waals surface area contributed by atoms with E-state index in [0.29, 0.717) is 0 Å². The minimum Gasteiger partial charge on any atom is -0.497 e. The summed E-state index contributed by atoms with van der Waals surface area (Å²) in [7, 11) is 0.00711. The minimum atomic E-state index is -4.94. The third kappa shape index (κ3) is 7.19. The number of aryl methyl sites for hydroxylation is 1. The molecule has 0 bridgehead atoms. The van der Waals surface area contributed by atoms with E-state index in [4.69, 9.17) is 37.3 Å². The number of hydrogen-bond acceptors (Lipinski definition) is 8. The molecule has 0 atom stereocenters. The second-order valence-electron chi connectivity index (χ2n) is 7.32. The Morgan fingerprint density at radius 3 is 1.97 bits per heavy atom. The zero-order chi connectivity index (χ0) is 25.6. The second kappa shape index (κ2) is 11.2. The van der Waals surface area contributed by atoms with Gasteiger partial charge in [0.25, 0.3) is 0 Å². The van der Waals surface area contributed by atoms with Gasteiger partial charge in [-0.05, 0) is 55.5 Å². The highest BCUT2D eigenvalue weighted by molar-refractivity contribution is 5.79. The SMILES string of the molecule is COc1ccc(-c2cc(=[NH+]c3cc(OC)ccc3OC)c3cc(C)ccc3o2)cc1.[O-][Cl+3]([O-])([O-])[O-]. The van der Waals surface area contributed by atoms with Gasteiger partial charge in [-0.2, -0.15) is 0 Å². The number of methoxy groups -OCH3 is 3. The molecule has 0 saturated carbocycles. The molecule has 0 saturated heterocycles. The van der Waals surface area contributed by atoms with E-state index in [-0.39, 0.29) is 0 Å². The van der Waals surface area contributed by atoms with Crippen LogP contribution in [0.1, 0.15) is 5.56 Å². The molecule has 4 rings (SSSR count). The summed E-state index contributed by atoms with van der Waals surface area (Å²) in [4.78, 5) is 3.51. The summed E-state index contributed by atoms with van der Waals surface area (Å²) in [5.41, 5.74) is 3.71. The van der Waals surface area contributed by atoms with Crippen molar-refractivity contribution in [2.75, 3.05) is 21.3 Å². The predicted molar refractivity (Wildman–Crippen MR) is 116 cm³/mol. The van der Waals surface area contributed by atoms with Crippen molar-refractivity contribution < 1.29 is 52.5 Å². The highest BCUT2D eigenvalue weighted by Gasteiger charge is 2.13. The zero-order valence-electron chi connectivity index (χ0n) is 19.5. The zero-order valence-corrected chi connectivity index (χ0v) is 20.3. The fraction of sp³-hybridized carbons (Fsp3) is 0.160. The van der Waals surface area contributed by atoms with Crippen LogP contribution in [0.2, 0.25) is 0 Å². The molecule has 0 unspecified atom stereocenters. The number of hydrogen-bond donors (Lipinski definition) is 1. The molecule has 0 aliphatic heterocycles. The standard InChI is InChI=1S/C25H23NO4.ClHO4/c1-16-5-11-23-20(13-16)21(26-22-14-19(28-3)10-12-24(22)29-4)15-25(30-23)17-6-8-18(27-2)9-7-17;2-1(3,4)5/h5-15H,1-4H3;(H,2,3,4,5). The Kier molecular flexibility index (Phi) is 8.34. The van der Waals surface area contributed by atoms with Crippen molar-refractivity contribution in [1.82, 2.24) is 0 Å². The first-order valence-electron chi connectivity index (χ1n) is 10.2. The summed E-state index contributed by atoms with van der Waals surface area (Å²) in [6.07, 6.45) is 0. The van der Waals surface area contributed by atoms with E-state index < -0.39 is 10.2 Å². The lowest BCUT2D eigenvalue weighted by Gasteiger charge is -2.17. The molecule has 1 N–H and O–H groups in total. The van der Waals surface area contributed by atoms with Crippen LogP contribution in [-0.2, 0) is 0 Å². The van der Waals surface area contributed by atoms with Crippen molar-refractivity contribution in [3.63, 3.8) is 0 Å². The van der Waals surface area contributed by atoms with E-state index in [9.17, 15) is 0 Å². The van der Waals surface area contributed by atoms with Gasteiger partial charge in [0.15, 0.2) is 5.75 Å². The van der Waals surface area contributed by atoms with E-state index in [1.807, 2.05) is 60.7 Å². The Morgan fingerprint density at radius 1 is 0.743 bits per heavy atom. The lowest BCUT2D eigenvalue weighted by atomic mass is 10.1. The molecule has 0 amide bonds. The molecule has 9 nitrogen and oxygen atoms in total. The average Bonchev–Trinajstić information content (AvgIpc) is 2.83. The smallest absolute Gasteiger partial charge is 0.250 e. The molecule has 1 heterocycles. The summed E-state index contributed by atoms with van der Waals surface area (Å²) in [5.74, 6) is 3.02. The number of rotatable bonds is 5. The van der Waals surface area contributed by atoms with Gasteiger partial charge < -0.3 is 18.6 Å². The summed E-state index contributed by atoms with van der Waals surface area (Å²) < 4.78 is 56.4. The van der Waals surface area contributed by atoms with Crippen LogP contribution in [0.3, 0.4) is 0 Å². The molecular weight excluding hydrogens is 478 g/mol. The molecule has 0 aliphatic carbocycles. The van der Waals surface area contributed by atoms with Crippen LogP contribution in [0.4, 0.5) is 5.69 Å². The van der Waals surface area contributed by atoms with E-state index >= 15 is 0 Å². The quantitative estimate of drug-likeness (QED) is 0.366. The lowest BCUT2D eigenvalue weighted by Crippen LogP contribution is -2.70. The van der Waals surface area contributed by atoms with Gasteiger partial charge >= 0.3 is 0 Å². The second-order valence-corrected chi connectivity index (χ2v) is 8.08. The van der Waals surface area contributed by atoms with Crippen LogP contribution in [0.5, 0.6) is 17.2 Å². The van der Waals surface area contributed by atoms with Crippen LogP contribution in [0.25, 0.3) is 22.3 Å². The first kappa shape index (κ1) is 26.0. The maximum absolute atomic E-state index is 8.49.